The van der Waals surface area contributed by atoms with Crippen molar-refractivity contribution in [1.82, 2.24) is 4.98 Å². The molecule has 1 aliphatic heterocycles. The molecule has 0 bridgehead atoms. The van der Waals surface area contributed by atoms with Crippen LogP contribution in [0.25, 0.3) is 0 Å². The number of nitrogens with zero attached hydrogens (tertiary/aromatic N) is 3. The zero-order chi connectivity index (χ0) is 20.7. The van der Waals surface area contributed by atoms with Crippen LogP contribution in [-0.4, -0.2) is 10.8 Å². The minimum atomic E-state index is -0.626. The molecule has 0 fully saturated rings. The maximum atomic E-state index is 13.0. The van der Waals surface area contributed by atoms with E-state index in [9.17, 15) is 10.1 Å². The number of carbonyl (C=O) groups is 1. The fourth-order valence-electron chi connectivity index (χ4n) is 3.90. The van der Waals surface area contributed by atoms with Gasteiger partial charge in [0.25, 0.3) is 0 Å². The fraction of sp³-hybridized carbons (Fsp3) is 0.190. The second-order valence-corrected chi connectivity index (χ2v) is 8.58. The number of allylic oxidation sites excluding steroid dienone is 3. The molecule has 1 aromatic carbocycles. The van der Waals surface area contributed by atoms with E-state index in [2.05, 4.69) is 27.0 Å². The standard InChI is InChI=1S/C21H15BrCl2N4O/c22-11-4-7-18(27-10-11)28-16-2-1-3-17(29)20(16)19(14(9-25)21(28)26)13-6-5-12(23)8-15(13)24/h4-8,10,19H,1-3,26H2/t19-/m1/s1. The SMILES string of the molecule is N#CC1=C(N)N(c2ccc(Br)cn2)C2=C(C(=O)CCC2)[C@@H]1c1ccc(Cl)cc1Cl. The molecule has 0 saturated carbocycles. The summed E-state index contributed by atoms with van der Waals surface area (Å²) >= 11 is 15.9. The number of nitrogens with two attached hydrogens (primary N) is 1. The van der Waals surface area contributed by atoms with E-state index in [4.69, 9.17) is 28.9 Å². The molecule has 0 saturated heterocycles. The number of carbonyl (C=O) groups excluding carboxylic acids is 1. The first-order chi connectivity index (χ1) is 13.9. The number of Topliss-reactive ketones (excluding diaryl/α,β-unsaturated/α-hetero) is 1. The first kappa shape index (κ1) is 20.0. The number of hydrogen-bond acceptors (Lipinski definition) is 5. The highest BCUT2D eigenvalue weighted by Crippen LogP contribution is 2.47. The number of benzene rings is 1. The normalized spacial score (nSPS) is 19.3. The van der Waals surface area contributed by atoms with Crippen molar-refractivity contribution in [3.8, 4) is 6.07 Å². The summed E-state index contributed by atoms with van der Waals surface area (Å²) < 4.78 is 0.820. The minimum Gasteiger partial charge on any atom is -0.384 e. The predicted molar refractivity (Wildman–Crippen MR) is 116 cm³/mol. The van der Waals surface area contributed by atoms with Gasteiger partial charge in [0.2, 0.25) is 0 Å². The summed E-state index contributed by atoms with van der Waals surface area (Å²) in [5.41, 5.74) is 8.71. The fourth-order valence-corrected chi connectivity index (χ4v) is 4.65. The molecule has 8 heteroatoms. The highest BCUT2D eigenvalue weighted by Gasteiger charge is 2.41. The number of rotatable bonds is 2. The van der Waals surface area contributed by atoms with Crippen LogP contribution in [0.15, 0.2) is 63.7 Å². The number of aromatic nitrogens is 1. The summed E-state index contributed by atoms with van der Waals surface area (Å²) in [4.78, 5) is 19.2. The summed E-state index contributed by atoms with van der Waals surface area (Å²) in [6.07, 6.45) is 3.43. The van der Waals surface area contributed by atoms with Crippen molar-refractivity contribution < 1.29 is 4.79 Å². The maximum absolute atomic E-state index is 13.0. The molecule has 5 nitrogen and oxygen atoms in total. The van der Waals surface area contributed by atoms with Gasteiger partial charge >= 0.3 is 0 Å². The Bertz CT molecular complexity index is 1120. The summed E-state index contributed by atoms with van der Waals surface area (Å²) in [7, 11) is 0. The average Bonchev–Trinajstić information content (AvgIpc) is 2.69. The Morgan fingerprint density at radius 2 is 2.03 bits per heavy atom. The Labute approximate surface area is 186 Å². The lowest BCUT2D eigenvalue weighted by Gasteiger charge is -2.39. The molecule has 0 unspecified atom stereocenters. The van der Waals surface area contributed by atoms with Crippen LogP contribution in [-0.2, 0) is 4.79 Å². The molecule has 29 heavy (non-hydrogen) atoms. The lowest BCUT2D eigenvalue weighted by molar-refractivity contribution is -0.116. The molecule has 2 N–H and O–H groups in total. The smallest absolute Gasteiger partial charge is 0.161 e. The number of halogens is 3. The monoisotopic (exact) mass is 488 g/mol. The van der Waals surface area contributed by atoms with Crippen molar-refractivity contribution in [2.75, 3.05) is 4.90 Å². The summed E-state index contributed by atoms with van der Waals surface area (Å²) in [6, 6.07) is 10.9. The van der Waals surface area contributed by atoms with Gasteiger partial charge in [-0.2, -0.15) is 5.26 Å². The molecule has 0 amide bonds. The number of hydrogen-bond donors (Lipinski definition) is 1. The van der Waals surface area contributed by atoms with Gasteiger partial charge in [0.1, 0.15) is 11.6 Å². The van der Waals surface area contributed by atoms with Crippen LogP contribution in [0.2, 0.25) is 10.0 Å². The van der Waals surface area contributed by atoms with Crippen molar-refractivity contribution in [3.05, 3.63) is 79.3 Å². The quantitative estimate of drug-likeness (QED) is 0.605. The molecule has 1 aromatic heterocycles. The summed E-state index contributed by atoms with van der Waals surface area (Å²) in [6.45, 7) is 0. The van der Waals surface area contributed by atoms with Crippen LogP contribution in [0, 0.1) is 11.3 Å². The third kappa shape index (κ3) is 3.44. The largest absolute Gasteiger partial charge is 0.384 e. The van der Waals surface area contributed by atoms with E-state index in [-0.39, 0.29) is 17.2 Å². The minimum absolute atomic E-state index is 0.00960. The summed E-state index contributed by atoms with van der Waals surface area (Å²) in [5.74, 6) is 0.178. The van der Waals surface area contributed by atoms with Crippen molar-refractivity contribution in [1.29, 1.82) is 5.26 Å². The van der Waals surface area contributed by atoms with Gasteiger partial charge in [-0.05, 0) is 58.6 Å². The van der Waals surface area contributed by atoms with E-state index in [0.717, 1.165) is 10.2 Å². The van der Waals surface area contributed by atoms with Gasteiger partial charge in [-0.3, -0.25) is 9.69 Å². The van der Waals surface area contributed by atoms with Crippen LogP contribution in [0.5, 0.6) is 0 Å². The zero-order valence-corrected chi connectivity index (χ0v) is 18.2. The second-order valence-electron chi connectivity index (χ2n) is 6.82. The van der Waals surface area contributed by atoms with E-state index in [1.807, 2.05) is 6.07 Å². The van der Waals surface area contributed by atoms with E-state index < -0.39 is 5.92 Å². The predicted octanol–water partition coefficient (Wildman–Crippen LogP) is 5.46. The van der Waals surface area contributed by atoms with E-state index in [0.29, 0.717) is 46.3 Å². The van der Waals surface area contributed by atoms with Gasteiger partial charge in [0.15, 0.2) is 5.78 Å². The number of ketones is 1. The topological polar surface area (TPSA) is 83.0 Å². The first-order valence-corrected chi connectivity index (χ1v) is 10.5. The second kappa shape index (κ2) is 7.83. The van der Waals surface area contributed by atoms with Gasteiger partial charge < -0.3 is 5.73 Å². The van der Waals surface area contributed by atoms with Gasteiger partial charge in [-0.1, -0.05) is 29.3 Å². The average molecular weight is 490 g/mol. The molecule has 2 aromatic rings. The number of anilines is 1. The molecule has 1 atom stereocenters. The molecule has 2 aliphatic rings. The van der Waals surface area contributed by atoms with Crippen LogP contribution in [0.3, 0.4) is 0 Å². The molecule has 4 rings (SSSR count). The van der Waals surface area contributed by atoms with E-state index in [1.165, 1.54) is 0 Å². The van der Waals surface area contributed by atoms with Gasteiger partial charge in [-0.25, -0.2) is 4.98 Å². The molecule has 146 valence electrons. The highest BCUT2D eigenvalue weighted by atomic mass is 79.9. The third-order valence-electron chi connectivity index (χ3n) is 5.13. The van der Waals surface area contributed by atoms with Crippen molar-refractivity contribution in [2.24, 2.45) is 5.73 Å². The zero-order valence-electron chi connectivity index (χ0n) is 15.1. The highest BCUT2D eigenvalue weighted by molar-refractivity contribution is 9.10. The molecule has 0 spiro atoms. The van der Waals surface area contributed by atoms with Crippen molar-refractivity contribution in [2.45, 2.75) is 25.2 Å². The Hall–Kier alpha value is -2.33. The first-order valence-electron chi connectivity index (χ1n) is 8.95. The Balaban J connectivity index is 1.98. The van der Waals surface area contributed by atoms with E-state index in [1.54, 1.807) is 35.4 Å². The summed E-state index contributed by atoms with van der Waals surface area (Å²) in [5, 5.41) is 10.9. The number of nitriles is 1. The molecule has 2 heterocycles. The Morgan fingerprint density at radius 1 is 1.24 bits per heavy atom. The van der Waals surface area contributed by atoms with Crippen molar-refractivity contribution in [3.63, 3.8) is 0 Å². The van der Waals surface area contributed by atoms with Gasteiger partial charge in [-0.15, -0.1) is 0 Å². The van der Waals surface area contributed by atoms with E-state index >= 15 is 0 Å². The maximum Gasteiger partial charge on any atom is 0.161 e. The lowest BCUT2D eigenvalue weighted by Crippen LogP contribution is -2.39. The van der Waals surface area contributed by atoms with Crippen LogP contribution < -0.4 is 10.6 Å². The van der Waals surface area contributed by atoms with Crippen molar-refractivity contribution >= 4 is 50.7 Å². The van der Waals surface area contributed by atoms with Gasteiger partial charge in [0, 0.05) is 38.4 Å². The molecular weight excluding hydrogens is 475 g/mol. The van der Waals surface area contributed by atoms with Crippen LogP contribution >= 0.6 is 39.1 Å². The molecular formula is C21H15BrCl2N4O. The Morgan fingerprint density at radius 3 is 2.69 bits per heavy atom. The van der Waals surface area contributed by atoms with Crippen LogP contribution in [0.1, 0.15) is 30.7 Å². The van der Waals surface area contributed by atoms with Crippen LogP contribution in [0.4, 0.5) is 5.82 Å². The Kier molecular flexibility index (Phi) is 5.39. The third-order valence-corrected chi connectivity index (χ3v) is 6.16. The lowest BCUT2D eigenvalue weighted by atomic mass is 9.75. The molecule has 1 aliphatic carbocycles. The number of pyridine rings is 1. The van der Waals surface area contributed by atoms with Gasteiger partial charge in [0.05, 0.1) is 17.6 Å². The molecule has 0 radical (unpaired) electrons.